The molecule has 3 aromatic rings. The summed E-state index contributed by atoms with van der Waals surface area (Å²) < 4.78 is 1.64. The summed E-state index contributed by atoms with van der Waals surface area (Å²) in [6.07, 6.45) is 5.79. The summed E-state index contributed by atoms with van der Waals surface area (Å²) in [6, 6.07) is 8.31. The summed E-state index contributed by atoms with van der Waals surface area (Å²) in [4.78, 5) is 18.3. The second kappa shape index (κ2) is 5.63. The van der Waals surface area contributed by atoms with Gasteiger partial charge in [0.25, 0.3) is 0 Å². The molecule has 0 saturated carbocycles. The lowest BCUT2D eigenvalue weighted by Gasteiger charge is -2.30. The third-order valence-corrected chi connectivity index (χ3v) is 4.61. The first kappa shape index (κ1) is 14.7. The standard InChI is InChI=1S/C18H18N4O2/c1-2-13-14(18(23)24)10-22-16(13)17(19-11-20-22)21-9-5-7-12-6-3-4-8-15(12)21/h3-4,6,8,10-11H,2,5,7,9H2,1H3,(H,23,24). The van der Waals surface area contributed by atoms with E-state index < -0.39 is 5.97 Å². The fraction of sp³-hybridized carbons (Fsp3) is 0.278. The Balaban J connectivity index is 1.97. The van der Waals surface area contributed by atoms with E-state index in [2.05, 4.69) is 33.2 Å². The Labute approximate surface area is 139 Å². The number of para-hydroxylation sites is 1. The number of nitrogens with zero attached hydrogens (tertiary/aromatic N) is 4. The fourth-order valence-corrected chi connectivity index (χ4v) is 3.55. The predicted octanol–water partition coefficient (Wildman–Crippen LogP) is 3.07. The molecule has 24 heavy (non-hydrogen) atoms. The molecule has 0 unspecified atom stereocenters. The lowest BCUT2D eigenvalue weighted by Crippen LogP contribution is -2.26. The monoisotopic (exact) mass is 322 g/mol. The van der Waals surface area contributed by atoms with E-state index in [0.29, 0.717) is 12.0 Å². The van der Waals surface area contributed by atoms with Gasteiger partial charge in [-0.3, -0.25) is 0 Å². The van der Waals surface area contributed by atoms with Crippen molar-refractivity contribution in [1.29, 1.82) is 0 Å². The lowest BCUT2D eigenvalue weighted by molar-refractivity contribution is 0.0696. The summed E-state index contributed by atoms with van der Waals surface area (Å²) in [5, 5.41) is 13.7. The Hall–Kier alpha value is -2.89. The van der Waals surface area contributed by atoms with Crippen LogP contribution in [0.3, 0.4) is 0 Å². The molecular weight excluding hydrogens is 304 g/mol. The Morgan fingerprint density at radius 1 is 1.33 bits per heavy atom. The van der Waals surface area contributed by atoms with Crippen LogP contribution in [0.5, 0.6) is 0 Å². The topological polar surface area (TPSA) is 70.7 Å². The van der Waals surface area contributed by atoms with Crippen LogP contribution < -0.4 is 4.90 Å². The highest BCUT2D eigenvalue weighted by molar-refractivity contribution is 5.95. The van der Waals surface area contributed by atoms with Gasteiger partial charge in [0.15, 0.2) is 5.82 Å². The van der Waals surface area contributed by atoms with Crippen molar-refractivity contribution in [3.05, 3.63) is 53.5 Å². The average Bonchev–Trinajstić information content (AvgIpc) is 3.00. The number of fused-ring (bicyclic) bond motifs is 2. The molecule has 0 fully saturated rings. The van der Waals surface area contributed by atoms with Crippen molar-refractivity contribution >= 4 is 23.0 Å². The maximum Gasteiger partial charge on any atom is 0.337 e. The Kier molecular flexibility index (Phi) is 3.45. The van der Waals surface area contributed by atoms with Gasteiger partial charge >= 0.3 is 5.97 Å². The summed E-state index contributed by atoms with van der Waals surface area (Å²) in [5.74, 6) is -0.149. The van der Waals surface area contributed by atoms with Gasteiger partial charge < -0.3 is 10.0 Å². The van der Waals surface area contributed by atoms with Crippen LogP contribution in [0, 0.1) is 0 Å². The maximum atomic E-state index is 11.6. The minimum absolute atomic E-state index is 0.296. The van der Waals surface area contributed by atoms with Crippen molar-refractivity contribution in [3.8, 4) is 0 Å². The molecule has 3 heterocycles. The van der Waals surface area contributed by atoms with Gasteiger partial charge in [-0.2, -0.15) is 5.10 Å². The van der Waals surface area contributed by atoms with Gasteiger partial charge in [-0.05, 0) is 36.5 Å². The van der Waals surface area contributed by atoms with E-state index in [9.17, 15) is 9.90 Å². The van der Waals surface area contributed by atoms with E-state index in [4.69, 9.17) is 0 Å². The van der Waals surface area contributed by atoms with Crippen molar-refractivity contribution in [2.75, 3.05) is 11.4 Å². The van der Waals surface area contributed by atoms with Crippen LogP contribution in [0.25, 0.3) is 5.52 Å². The fourth-order valence-electron chi connectivity index (χ4n) is 3.55. The van der Waals surface area contributed by atoms with Crippen molar-refractivity contribution in [2.24, 2.45) is 0 Å². The smallest absolute Gasteiger partial charge is 0.337 e. The molecule has 1 aliphatic rings. The number of hydrogen-bond donors (Lipinski definition) is 1. The van der Waals surface area contributed by atoms with Crippen molar-refractivity contribution < 1.29 is 9.90 Å². The number of carbonyl (C=O) groups is 1. The van der Waals surface area contributed by atoms with E-state index in [1.807, 2.05) is 13.0 Å². The highest BCUT2D eigenvalue weighted by atomic mass is 16.4. The largest absolute Gasteiger partial charge is 0.478 e. The predicted molar refractivity (Wildman–Crippen MR) is 91.1 cm³/mol. The first-order chi connectivity index (χ1) is 11.7. The Morgan fingerprint density at radius 2 is 2.17 bits per heavy atom. The van der Waals surface area contributed by atoms with Crippen molar-refractivity contribution in [1.82, 2.24) is 14.6 Å². The van der Waals surface area contributed by atoms with E-state index in [1.54, 1.807) is 10.7 Å². The quantitative estimate of drug-likeness (QED) is 0.802. The van der Waals surface area contributed by atoms with Gasteiger partial charge in [-0.25, -0.2) is 14.3 Å². The summed E-state index contributed by atoms with van der Waals surface area (Å²) in [5.41, 5.74) is 4.30. The molecule has 0 bridgehead atoms. The van der Waals surface area contributed by atoms with E-state index >= 15 is 0 Å². The van der Waals surface area contributed by atoms with E-state index in [0.717, 1.165) is 42.0 Å². The molecule has 0 amide bonds. The average molecular weight is 322 g/mol. The number of aryl methyl sites for hydroxylation is 2. The minimum Gasteiger partial charge on any atom is -0.478 e. The third kappa shape index (κ3) is 2.14. The molecular formula is C18H18N4O2. The van der Waals surface area contributed by atoms with Crippen LogP contribution in [-0.2, 0) is 12.8 Å². The SMILES string of the molecule is CCc1c(C(=O)O)cn2ncnc(N3CCCc4ccccc43)c12. The molecule has 1 aromatic carbocycles. The van der Waals surface area contributed by atoms with E-state index in [-0.39, 0.29) is 0 Å². The zero-order valence-electron chi connectivity index (χ0n) is 13.4. The normalized spacial score (nSPS) is 14.0. The molecule has 0 radical (unpaired) electrons. The molecule has 122 valence electrons. The van der Waals surface area contributed by atoms with Crippen LogP contribution in [0.4, 0.5) is 11.5 Å². The molecule has 0 atom stereocenters. The number of hydrogen-bond acceptors (Lipinski definition) is 4. The molecule has 0 spiro atoms. The van der Waals surface area contributed by atoms with Gasteiger partial charge in [-0.1, -0.05) is 25.1 Å². The lowest BCUT2D eigenvalue weighted by atomic mass is 10.0. The van der Waals surface area contributed by atoms with Gasteiger partial charge in [0.05, 0.1) is 5.56 Å². The number of aromatic carboxylic acids is 1. The number of benzene rings is 1. The zero-order valence-corrected chi connectivity index (χ0v) is 13.4. The Bertz CT molecular complexity index is 932. The number of anilines is 2. The summed E-state index contributed by atoms with van der Waals surface area (Å²) >= 11 is 0. The van der Waals surface area contributed by atoms with Gasteiger partial charge in [-0.15, -0.1) is 0 Å². The molecule has 0 saturated heterocycles. The van der Waals surface area contributed by atoms with Crippen molar-refractivity contribution in [2.45, 2.75) is 26.2 Å². The molecule has 1 N–H and O–H groups in total. The second-order valence-corrected chi connectivity index (χ2v) is 5.94. The van der Waals surface area contributed by atoms with Gasteiger partial charge in [0, 0.05) is 18.4 Å². The van der Waals surface area contributed by atoms with Gasteiger partial charge in [0.1, 0.15) is 11.8 Å². The molecule has 6 nitrogen and oxygen atoms in total. The first-order valence-electron chi connectivity index (χ1n) is 8.14. The van der Waals surface area contributed by atoms with E-state index in [1.165, 1.54) is 11.9 Å². The highest BCUT2D eigenvalue weighted by Gasteiger charge is 2.25. The minimum atomic E-state index is -0.928. The number of aromatic nitrogens is 3. The molecule has 1 aliphatic heterocycles. The molecule has 4 rings (SSSR count). The first-order valence-corrected chi connectivity index (χ1v) is 8.14. The summed E-state index contributed by atoms with van der Waals surface area (Å²) in [6.45, 7) is 2.82. The van der Waals surface area contributed by atoms with Crippen LogP contribution in [0.15, 0.2) is 36.8 Å². The van der Waals surface area contributed by atoms with Crippen LogP contribution in [-0.4, -0.2) is 32.2 Å². The maximum absolute atomic E-state index is 11.6. The molecule has 0 aliphatic carbocycles. The zero-order chi connectivity index (χ0) is 16.7. The van der Waals surface area contributed by atoms with Crippen LogP contribution in [0.2, 0.25) is 0 Å². The number of rotatable bonds is 3. The van der Waals surface area contributed by atoms with Crippen LogP contribution >= 0.6 is 0 Å². The summed E-state index contributed by atoms with van der Waals surface area (Å²) in [7, 11) is 0. The highest BCUT2D eigenvalue weighted by Crippen LogP contribution is 2.36. The molecule has 6 heteroatoms. The van der Waals surface area contributed by atoms with Crippen molar-refractivity contribution in [3.63, 3.8) is 0 Å². The van der Waals surface area contributed by atoms with Gasteiger partial charge in [0.2, 0.25) is 0 Å². The van der Waals surface area contributed by atoms with Crippen LogP contribution in [0.1, 0.15) is 34.8 Å². The Morgan fingerprint density at radius 3 is 2.96 bits per heavy atom. The number of carboxylic acids is 1. The molecule has 2 aromatic heterocycles. The third-order valence-electron chi connectivity index (χ3n) is 4.61. The number of carboxylic acid groups (broad SMARTS) is 1. The second-order valence-electron chi connectivity index (χ2n) is 5.94.